The topological polar surface area (TPSA) is 127 Å². The lowest BCUT2D eigenvalue weighted by Gasteiger charge is -2.82. The summed E-state index contributed by atoms with van der Waals surface area (Å²) >= 11 is 0. The number of ether oxygens (including phenoxy) is 1. The molecule has 1 aromatic carbocycles. The van der Waals surface area contributed by atoms with Crippen LogP contribution in [0, 0.1) is 28.1 Å². The van der Waals surface area contributed by atoms with E-state index in [1.807, 2.05) is 13.8 Å². The molecule has 1 saturated heterocycles. The number of aromatic carboxylic acids is 1. The zero-order valence-corrected chi connectivity index (χ0v) is 19.3. The molecular formula is C26H34O7. The van der Waals surface area contributed by atoms with Gasteiger partial charge >= 0.3 is 5.97 Å². The molecule has 10 atom stereocenters. The van der Waals surface area contributed by atoms with Crippen LogP contribution in [0.1, 0.15) is 50.4 Å². The molecule has 33 heavy (non-hydrogen) atoms. The summed E-state index contributed by atoms with van der Waals surface area (Å²) in [5.41, 5.74) is 0.700. The van der Waals surface area contributed by atoms with Gasteiger partial charge in [0.15, 0.2) is 0 Å². The molecule has 1 heterocycles. The summed E-state index contributed by atoms with van der Waals surface area (Å²) in [6.07, 6.45) is -1.06. The van der Waals surface area contributed by atoms with E-state index in [9.17, 15) is 25.2 Å². The lowest BCUT2D eigenvalue weighted by molar-refractivity contribution is -0.385. The third-order valence-electron chi connectivity index (χ3n) is 10.2. The Morgan fingerprint density at radius 2 is 1.73 bits per heavy atom. The van der Waals surface area contributed by atoms with Gasteiger partial charge in [-0.05, 0) is 54.4 Å². The van der Waals surface area contributed by atoms with Gasteiger partial charge in [0, 0.05) is 23.2 Å². The minimum Gasteiger partial charge on any atom is -0.478 e. The van der Waals surface area contributed by atoms with Crippen molar-refractivity contribution in [3.63, 3.8) is 0 Å². The third kappa shape index (κ3) is 2.60. The van der Waals surface area contributed by atoms with E-state index in [1.54, 1.807) is 30.3 Å². The monoisotopic (exact) mass is 458 g/mol. The van der Waals surface area contributed by atoms with E-state index in [2.05, 4.69) is 6.92 Å². The van der Waals surface area contributed by atoms with Crippen LogP contribution in [-0.2, 0) is 4.74 Å². The van der Waals surface area contributed by atoms with Crippen molar-refractivity contribution < 1.29 is 35.1 Å². The first kappa shape index (κ1) is 23.0. The fourth-order valence-electron chi connectivity index (χ4n) is 8.42. The van der Waals surface area contributed by atoms with E-state index in [4.69, 9.17) is 9.84 Å². The van der Waals surface area contributed by atoms with Crippen LogP contribution in [0.4, 0.5) is 0 Å². The van der Waals surface area contributed by atoms with Crippen molar-refractivity contribution in [2.75, 3.05) is 6.61 Å². The molecule has 0 bridgehead atoms. The Labute approximate surface area is 193 Å². The summed E-state index contributed by atoms with van der Waals surface area (Å²) in [5, 5.41) is 51.9. The van der Waals surface area contributed by atoms with E-state index in [-0.39, 0.29) is 16.9 Å². The smallest absolute Gasteiger partial charge is 0.335 e. The zero-order chi connectivity index (χ0) is 23.9. The van der Waals surface area contributed by atoms with Crippen molar-refractivity contribution in [1.29, 1.82) is 0 Å². The van der Waals surface area contributed by atoms with E-state index < -0.39 is 35.8 Å². The van der Waals surface area contributed by atoms with E-state index in [0.29, 0.717) is 36.8 Å². The Bertz CT molecular complexity index is 992. The number of aliphatic hydroxyl groups excluding tert-OH is 4. The maximum atomic E-state index is 11.1. The van der Waals surface area contributed by atoms with Crippen LogP contribution in [0.5, 0.6) is 0 Å². The minimum absolute atomic E-state index is 0.0571. The van der Waals surface area contributed by atoms with Crippen LogP contribution in [0.15, 0.2) is 41.5 Å². The second-order valence-corrected chi connectivity index (χ2v) is 11.0. The zero-order valence-electron chi connectivity index (χ0n) is 19.3. The Morgan fingerprint density at radius 3 is 2.27 bits per heavy atom. The summed E-state index contributed by atoms with van der Waals surface area (Å²) in [5.74, 6) is -0.276. The number of hydrogen-bond donors (Lipinski definition) is 5. The maximum Gasteiger partial charge on any atom is 0.335 e. The molecule has 7 nitrogen and oxygen atoms in total. The summed E-state index contributed by atoms with van der Waals surface area (Å²) in [6, 6.07) is 8.30. The van der Waals surface area contributed by atoms with Crippen LogP contribution in [-0.4, -0.2) is 68.6 Å². The quantitative estimate of drug-likeness (QED) is 0.407. The SMILES string of the molecule is CC1=C2[C@@H](O)[C@@H](O)[C@]3(C)[C@@H](O)C[C@H]4OC[C@H]4C34C[C@H](C[C@@H]1O)[C@]24C.O=C(O)c1ccccc1. The van der Waals surface area contributed by atoms with E-state index >= 15 is 0 Å². The van der Waals surface area contributed by atoms with Gasteiger partial charge < -0.3 is 30.3 Å². The molecule has 6 rings (SSSR count). The molecule has 5 N–H and O–H groups in total. The summed E-state index contributed by atoms with van der Waals surface area (Å²) in [6.45, 7) is 6.73. The standard InChI is InChI=1S/C19H28O5.C7H6O2/c1-8-11(20)4-9-6-19-10-7-24-12(10)5-13(21)18(19,3)16(23)15(22)14(8)17(9,19)2;8-7(9)6-4-2-1-3-5-6/h9-13,15-16,20-23H,4-7H2,1-3H3;1-5H,(H,8,9)/t9-,10+,11-,12+,13-,15+,16+,17+,18-,19?;/m0./s1. The van der Waals surface area contributed by atoms with Crippen LogP contribution < -0.4 is 0 Å². The molecule has 1 aromatic rings. The van der Waals surface area contributed by atoms with Gasteiger partial charge in [-0.25, -0.2) is 4.79 Å². The summed E-state index contributed by atoms with van der Waals surface area (Å²) < 4.78 is 5.75. The van der Waals surface area contributed by atoms with Gasteiger partial charge in [-0.3, -0.25) is 0 Å². The minimum atomic E-state index is -1.02. The highest BCUT2D eigenvalue weighted by Crippen LogP contribution is 2.83. The molecular weight excluding hydrogens is 424 g/mol. The fourth-order valence-corrected chi connectivity index (χ4v) is 8.42. The number of fused-ring (bicyclic) bond motifs is 1. The average molecular weight is 459 g/mol. The van der Waals surface area contributed by atoms with Crippen molar-refractivity contribution in [2.45, 2.75) is 70.6 Å². The fraction of sp³-hybridized carbons (Fsp3) is 0.654. The first-order chi connectivity index (χ1) is 15.5. The maximum absolute atomic E-state index is 11.1. The van der Waals surface area contributed by atoms with Gasteiger partial charge in [-0.15, -0.1) is 0 Å². The highest BCUT2D eigenvalue weighted by Gasteiger charge is 2.83. The van der Waals surface area contributed by atoms with Crippen molar-refractivity contribution in [1.82, 2.24) is 0 Å². The third-order valence-corrected chi connectivity index (χ3v) is 10.2. The van der Waals surface area contributed by atoms with Crippen LogP contribution in [0.25, 0.3) is 0 Å². The van der Waals surface area contributed by atoms with Crippen molar-refractivity contribution >= 4 is 5.97 Å². The molecule has 4 fully saturated rings. The van der Waals surface area contributed by atoms with Crippen LogP contribution >= 0.6 is 0 Å². The Hall–Kier alpha value is -1.77. The van der Waals surface area contributed by atoms with Crippen molar-refractivity contribution in [3.05, 3.63) is 47.0 Å². The van der Waals surface area contributed by atoms with Gasteiger partial charge in [0.2, 0.25) is 0 Å². The van der Waals surface area contributed by atoms with Gasteiger partial charge in [0.25, 0.3) is 0 Å². The van der Waals surface area contributed by atoms with Gasteiger partial charge in [0.1, 0.15) is 6.10 Å². The normalized spacial score (nSPS) is 49.2. The van der Waals surface area contributed by atoms with Crippen molar-refractivity contribution in [3.8, 4) is 0 Å². The number of carbonyl (C=O) groups is 1. The molecule has 5 aliphatic rings. The Balaban J connectivity index is 0.000000215. The molecule has 0 radical (unpaired) electrons. The molecule has 7 heteroatoms. The number of aliphatic hydroxyl groups is 4. The first-order valence-corrected chi connectivity index (χ1v) is 11.8. The van der Waals surface area contributed by atoms with Crippen molar-refractivity contribution in [2.24, 2.45) is 28.1 Å². The van der Waals surface area contributed by atoms with Gasteiger partial charge in [0.05, 0.1) is 36.6 Å². The largest absolute Gasteiger partial charge is 0.478 e. The molecule has 4 aliphatic carbocycles. The highest BCUT2D eigenvalue weighted by molar-refractivity contribution is 5.87. The highest BCUT2D eigenvalue weighted by atomic mass is 16.5. The Morgan fingerprint density at radius 1 is 1.06 bits per heavy atom. The second kappa shape index (κ2) is 7.36. The number of hydrogen-bond acceptors (Lipinski definition) is 6. The van der Waals surface area contributed by atoms with E-state index in [1.165, 1.54) is 0 Å². The average Bonchev–Trinajstić information content (AvgIpc) is 2.77. The summed E-state index contributed by atoms with van der Waals surface area (Å²) in [7, 11) is 0. The predicted molar refractivity (Wildman–Crippen MR) is 119 cm³/mol. The molecule has 3 saturated carbocycles. The second-order valence-electron chi connectivity index (χ2n) is 11.0. The van der Waals surface area contributed by atoms with Crippen LogP contribution in [0.2, 0.25) is 0 Å². The lowest BCUT2D eigenvalue weighted by Crippen LogP contribution is -2.84. The van der Waals surface area contributed by atoms with Gasteiger partial charge in [-0.2, -0.15) is 0 Å². The Kier molecular flexibility index (Phi) is 5.13. The first-order valence-electron chi connectivity index (χ1n) is 11.8. The van der Waals surface area contributed by atoms with Crippen LogP contribution in [0.3, 0.4) is 0 Å². The van der Waals surface area contributed by atoms with E-state index in [0.717, 1.165) is 17.6 Å². The molecule has 0 aromatic heterocycles. The number of rotatable bonds is 1. The predicted octanol–water partition coefficient (Wildman–Crippen LogP) is 1.99. The molecule has 180 valence electrons. The number of carboxylic acids is 1. The summed E-state index contributed by atoms with van der Waals surface area (Å²) in [4.78, 5) is 10.2. The van der Waals surface area contributed by atoms with Gasteiger partial charge in [-0.1, -0.05) is 32.0 Å². The molecule has 0 amide bonds. The lowest BCUT2D eigenvalue weighted by atomic mass is 9.23. The molecule has 1 spiro atoms. The number of carboxylic acid groups (broad SMARTS) is 1. The molecule has 1 aliphatic heterocycles. The number of benzene rings is 1. The molecule has 1 unspecified atom stereocenters.